The summed E-state index contributed by atoms with van der Waals surface area (Å²) in [5.74, 6) is 0. The fourth-order valence-corrected chi connectivity index (χ4v) is 0. The van der Waals surface area contributed by atoms with Gasteiger partial charge in [-0.25, -0.2) is 0 Å². The Morgan fingerprint density at radius 2 is 1.43 bits per heavy atom. The van der Waals surface area contributed by atoms with E-state index >= 15 is 0 Å². The standard InChI is InChI=1S/BH4.Na.H2O3S2/c;;1-5(2,3)4/h1H4;;(H2,1,2,3,4)/q-1;+1;. The molecule has 0 heterocycles. The molecule has 0 rings (SSSR count). The van der Waals surface area contributed by atoms with Crippen LogP contribution in [0, 0.1) is 0 Å². The smallest absolute Gasteiger partial charge is 0.285 e. The van der Waals surface area contributed by atoms with Crippen LogP contribution in [-0.2, 0) is 20.2 Å². The van der Waals surface area contributed by atoms with Crippen LogP contribution in [0.5, 0.6) is 0 Å². The molecule has 0 radical (unpaired) electrons. The van der Waals surface area contributed by atoms with Crippen LogP contribution in [0.15, 0.2) is 0 Å². The van der Waals surface area contributed by atoms with Gasteiger partial charge >= 0.3 is 29.6 Å². The Morgan fingerprint density at radius 1 is 1.43 bits per heavy atom. The molecular weight excluding hydrogens is 146 g/mol. The molecule has 0 aliphatic rings. The van der Waals surface area contributed by atoms with E-state index in [1.54, 1.807) is 0 Å². The van der Waals surface area contributed by atoms with Crippen molar-refractivity contribution >= 4 is 28.7 Å². The molecule has 0 spiro atoms. The second-order valence-corrected chi connectivity index (χ2v) is 2.65. The second-order valence-electron chi connectivity index (χ2n) is 0.448. The third-order valence-electron chi connectivity index (χ3n) is 0. The van der Waals surface area contributed by atoms with E-state index in [2.05, 4.69) is 11.2 Å². The zero-order valence-electron chi connectivity index (χ0n) is 3.12. The molecule has 0 saturated heterocycles. The molecule has 0 aliphatic carbocycles. The molecule has 7 heteroatoms. The van der Waals surface area contributed by atoms with E-state index in [-0.39, 0.29) is 38.0 Å². The van der Waals surface area contributed by atoms with Gasteiger partial charge < -0.3 is 0 Å². The van der Waals surface area contributed by atoms with Crippen LogP contribution in [0.3, 0.4) is 0 Å². The summed E-state index contributed by atoms with van der Waals surface area (Å²) in [5, 5.41) is 0. The average molecular weight is 152 g/mol. The number of rotatable bonds is 0. The van der Waals surface area contributed by atoms with E-state index in [4.69, 9.17) is 13.3 Å². The molecule has 0 amide bonds. The SMILES string of the molecule is O=S(O)(O)=S.[BH4-].[Na+]. The summed E-state index contributed by atoms with van der Waals surface area (Å²) >= 11 is 3.47. The summed E-state index contributed by atoms with van der Waals surface area (Å²) in [6, 6.07) is 0. The van der Waals surface area contributed by atoms with Gasteiger partial charge in [0, 0.05) is 11.2 Å². The minimum atomic E-state index is -3.83. The second kappa shape index (κ2) is 5.49. The molecule has 40 valence electrons. The van der Waals surface area contributed by atoms with E-state index in [1.165, 1.54) is 0 Å². The molecular formula is H6BNaO3S2. The van der Waals surface area contributed by atoms with Gasteiger partial charge in [-0.2, -0.15) is 4.21 Å². The molecule has 0 unspecified atom stereocenters. The monoisotopic (exact) mass is 152 g/mol. The van der Waals surface area contributed by atoms with Crippen LogP contribution in [0.4, 0.5) is 0 Å². The molecule has 0 fully saturated rings. The zero-order valence-corrected chi connectivity index (χ0v) is 6.75. The number of hydrogen-bond donors (Lipinski definition) is 2. The normalized spacial score (nSPS) is 8.29. The summed E-state index contributed by atoms with van der Waals surface area (Å²) in [6.45, 7) is 0. The predicted octanol–water partition coefficient (Wildman–Crippen LogP) is -4.77. The van der Waals surface area contributed by atoms with Crippen molar-refractivity contribution < 1.29 is 42.9 Å². The van der Waals surface area contributed by atoms with Crippen molar-refractivity contribution in [2.45, 2.75) is 0 Å². The molecule has 0 atom stereocenters. The van der Waals surface area contributed by atoms with Gasteiger partial charge in [0.2, 0.25) is 0 Å². The van der Waals surface area contributed by atoms with Crippen molar-refractivity contribution in [1.82, 2.24) is 0 Å². The first-order valence-corrected chi connectivity index (χ1v) is 3.10. The average Bonchev–Trinajstić information content (AvgIpc) is 0.722. The molecule has 0 saturated carbocycles. The van der Waals surface area contributed by atoms with Gasteiger partial charge in [0.15, 0.2) is 0 Å². The van der Waals surface area contributed by atoms with Crippen molar-refractivity contribution in [3.05, 3.63) is 0 Å². The largest absolute Gasteiger partial charge is 1.00 e. The third kappa shape index (κ3) is 115. The van der Waals surface area contributed by atoms with Crippen LogP contribution in [0.25, 0.3) is 0 Å². The van der Waals surface area contributed by atoms with Crippen LogP contribution < -0.4 is 29.6 Å². The molecule has 7 heavy (non-hydrogen) atoms. The maximum atomic E-state index is 9.11. The molecule has 0 aromatic heterocycles. The number of hydrogen-bond acceptors (Lipinski definition) is 2. The van der Waals surface area contributed by atoms with Crippen molar-refractivity contribution in [3.8, 4) is 0 Å². The van der Waals surface area contributed by atoms with Gasteiger partial charge in [-0.05, 0) is 0 Å². The molecule has 0 bridgehead atoms. The molecule has 0 aromatic carbocycles. The Hall–Kier alpha value is 1.35. The van der Waals surface area contributed by atoms with Crippen LogP contribution in [0.2, 0.25) is 0 Å². The van der Waals surface area contributed by atoms with E-state index in [0.29, 0.717) is 0 Å². The van der Waals surface area contributed by atoms with Gasteiger partial charge in [-0.1, -0.05) is 8.41 Å². The predicted molar refractivity (Wildman–Crippen MR) is 32.1 cm³/mol. The van der Waals surface area contributed by atoms with Gasteiger partial charge in [0.1, 0.15) is 0 Å². The van der Waals surface area contributed by atoms with Gasteiger partial charge in [0.25, 0.3) is 9.05 Å². The topological polar surface area (TPSA) is 57.5 Å². The maximum Gasteiger partial charge on any atom is 1.00 e. The fraction of sp³-hybridized carbons (Fsp3) is 0. The Balaban J connectivity index is -0.0000000800. The summed E-state index contributed by atoms with van der Waals surface area (Å²) in [4.78, 5) is 0. The quantitative estimate of drug-likeness (QED) is 0.342. The molecule has 2 N–H and O–H groups in total. The van der Waals surface area contributed by atoms with Gasteiger partial charge in [-0.15, -0.1) is 0 Å². The minimum absolute atomic E-state index is 0. The van der Waals surface area contributed by atoms with Crippen molar-refractivity contribution in [2.24, 2.45) is 0 Å². The van der Waals surface area contributed by atoms with Crippen molar-refractivity contribution in [2.75, 3.05) is 0 Å². The summed E-state index contributed by atoms with van der Waals surface area (Å²) in [7, 11) is -3.83. The minimum Gasteiger partial charge on any atom is -0.285 e. The summed E-state index contributed by atoms with van der Waals surface area (Å²) in [5.41, 5.74) is 0. The van der Waals surface area contributed by atoms with Crippen molar-refractivity contribution in [3.63, 3.8) is 0 Å². The Kier molecular flexibility index (Phi) is 12.4. The Morgan fingerprint density at radius 3 is 1.43 bits per heavy atom. The fourth-order valence-electron chi connectivity index (χ4n) is 0. The van der Waals surface area contributed by atoms with E-state index in [0.717, 1.165) is 0 Å². The first kappa shape index (κ1) is 15.8. The van der Waals surface area contributed by atoms with Crippen LogP contribution in [0.1, 0.15) is 0 Å². The van der Waals surface area contributed by atoms with E-state index < -0.39 is 9.05 Å². The van der Waals surface area contributed by atoms with Crippen LogP contribution in [-0.4, -0.2) is 21.7 Å². The molecule has 3 nitrogen and oxygen atoms in total. The van der Waals surface area contributed by atoms with E-state index in [1.807, 2.05) is 0 Å². The van der Waals surface area contributed by atoms with Crippen molar-refractivity contribution in [1.29, 1.82) is 0 Å². The summed E-state index contributed by atoms with van der Waals surface area (Å²) in [6.07, 6.45) is 0. The maximum absolute atomic E-state index is 9.11. The first-order valence-electron chi connectivity index (χ1n) is 0.698. The zero-order chi connectivity index (χ0) is 4.50. The molecule has 0 aliphatic heterocycles. The van der Waals surface area contributed by atoms with E-state index in [9.17, 15) is 0 Å². The Labute approximate surface area is 71.1 Å². The first-order chi connectivity index (χ1) is 2.00. The van der Waals surface area contributed by atoms with Gasteiger partial charge in [0.05, 0.1) is 0 Å². The van der Waals surface area contributed by atoms with Crippen LogP contribution >= 0.6 is 0 Å². The Bertz CT molecular complexity index is 96.1. The third-order valence-corrected chi connectivity index (χ3v) is 0. The molecule has 0 aromatic rings. The summed E-state index contributed by atoms with van der Waals surface area (Å²) < 4.78 is 24.0. The van der Waals surface area contributed by atoms with Gasteiger partial charge in [-0.3, -0.25) is 9.11 Å².